The second-order valence-electron chi connectivity index (χ2n) is 6.87. The van der Waals surface area contributed by atoms with Crippen LogP contribution in [0.5, 0.6) is 0 Å². The van der Waals surface area contributed by atoms with E-state index in [9.17, 15) is 5.11 Å². The molecule has 2 fully saturated rings. The SMILES string of the molecule is CCCNC(C)(CO)CN1CCCC1C1CCCC1. The summed E-state index contributed by atoms with van der Waals surface area (Å²) >= 11 is 0. The Bertz CT molecular complexity index is 265. The maximum absolute atomic E-state index is 9.73. The first kappa shape index (κ1) is 15.3. The fourth-order valence-electron chi connectivity index (χ4n) is 3.96. The van der Waals surface area contributed by atoms with E-state index in [2.05, 4.69) is 24.1 Å². The lowest BCUT2D eigenvalue weighted by Gasteiger charge is -2.38. The van der Waals surface area contributed by atoms with E-state index in [0.717, 1.165) is 31.5 Å². The van der Waals surface area contributed by atoms with Gasteiger partial charge in [0.2, 0.25) is 0 Å². The smallest absolute Gasteiger partial charge is 0.0623 e. The van der Waals surface area contributed by atoms with Crippen LogP contribution in [-0.4, -0.2) is 47.8 Å². The molecule has 0 radical (unpaired) electrons. The molecule has 1 aliphatic heterocycles. The van der Waals surface area contributed by atoms with Gasteiger partial charge in [0.1, 0.15) is 0 Å². The third-order valence-electron chi connectivity index (χ3n) is 5.06. The minimum absolute atomic E-state index is 0.128. The first-order chi connectivity index (χ1) is 9.18. The van der Waals surface area contributed by atoms with Crippen LogP contribution in [0.3, 0.4) is 0 Å². The van der Waals surface area contributed by atoms with Crippen LogP contribution in [0.25, 0.3) is 0 Å². The predicted molar refractivity (Wildman–Crippen MR) is 80.3 cm³/mol. The lowest BCUT2D eigenvalue weighted by Crippen LogP contribution is -2.55. The fraction of sp³-hybridized carbons (Fsp3) is 1.00. The van der Waals surface area contributed by atoms with Gasteiger partial charge in [0.05, 0.1) is 12.1 Å². The van der Waals surface area contributed by atoms with E-state index in [1.54, 1.807) is 0 Å². The number of aliphatic hydroxyl groups excluding tert-OH is 1. The summed E-state index contributed by atoms with van der Waals surface area (Å²) in [6.45, 7) is 7.82. The zero-order chi connectivity index (χ0) is 13.7. The lowest BCUT2D eigenvalue weighted by atomic mass is 9.94. The van der Waals surface area contributed by atoms with Crippen molar-refractivity contribution < 1.29 is 5.11 Å². The molecule has 112 valence electrons. The zero-order valence-electron chi connectivity index (χ0n) is 12.8. The molecule has 0 bridgehead atoms. The molecule has 2 unspecified atom stereocenters. The minimum Gasteiger partial charge on any atom is -0.394 e. The van der Waals surface area contributed by atoms with Gasteiger partial charge in [0, 0.05) is 12.6 Å². The van der Waals surface area contributed by atoms with Crippen molar-refractivity contribution in [3.05, 3.63) is 0 Å². The Morgan fingerprint density at radius 1 is 1.21 bits per heavy atom. The van der Waals surface area contributed by atoms with Gasteiger partial charge in [-0.2, -0.15) is 0 Å². The molecule has 19 heavy (non-hydrogen) atoms. The van der Waals surface area contributed by atoms with Gasteiger partial charge in [-0.1, -0.05) is 19.8 Å². The second kappa shape index (κ2) is 7.05. The standard InChI is InChI=1S/C16H32N2O/c1-3-10-17-16(2,13-19)12-18-11-6-9-15(18)14-7-4-5-8-14/h14-15,17,19H,3-13H2,1-2H3. The predicted octanol–water partition coefficient (Wildman–Crippen LogP) is 2.39. The van der Waals surface area contributed by atoms with Crippen molar-refractivity contribution in [1.29, 1.82) is 0 Å². The van der Waals surface area contributed by atoms with E-state index in [4.69, 9.17) is 0 Å². The van der Waals surface area contributed by atoms with Gasteiger partial charge in [-0.15, -0.1) is 0 Å². The molecule has 2 aliphatic rings. The topological polar surface area (TPSA) is 35.5 Å². The molecule has 0 aromatic heterocycles. The van der Waals surface area contributed by atoms with Crippen LogP contribution in [0.1, 0.15) is 58.8 Å². The first-order valence-corrected chi connectivity index (χ1v) is 8.28. The Labute approximate surface area is 118 Å². The normalized spacial score (nSPS) is 28.9. The molecular weight excluding hydrogens is 236 g/mol. The monoisotopic (exact) mass is 268 g/mol. The Balaban J connectivity index is 1.91. The van der Waals surface area contributed by atoms with Gasteiger partial charge in [0.25, 0.3) is 0 Å². The molecule has 1 heterocycles. The highest BCUT2D eigenvalue weighted by atomic mass is 16.3. The van der Waals surface area contributed by atoms with Gasteiger partial charge >= 0.3 is 0 Å². The number of aliphatic hydroxyl groups is 1. The van der Waals surface area contributed by atoms with E-state index in [1.807, 2.05) is 0 Å². The van der Waals surface area contributed by atoms with Gasteiger partial charge in [0.15, 0.2) is 0 Å². The van der Waals surface area contributed by atoms with Crippen molar-refractivity contribution in [2.45, 2.75) is 70.4 Å². The Hall–Kier alpha value is -0.120. The second-order valence-corrected chi connectivity index (χ2v) is 6.87. The minimum atomic E-state index is -0.128. The zero-order valence-corrected chi connectivity index (χ0v) is 12.8. The van der Waals surface area contributed by atoms with Gasteiger partial charge in [-0.3, -0.25) is 4.90 Å². The molecule has 0 aromatic rings. The van der Waals surface area contributed by atoms with Crippen LogP contribution >= 0.6 is 0 Å². The largest absolute Gasteiger partial charge is 0.394 e. The van der Waals surface area contributed by atoms with Gasteiger partial charge in [-0.05, 0) is 58.0 Å². The summed E-state index contributed by atoms with van der Waals surface area (Å²) in [4.78, 5) is 2.66. The summed E-state index contributed by atoms with van der Waals surface area (Å²) in [6.07, 6.45) is 9.57. The number of likely N-dealkylation sites (tertiary alicyclic amines) is 1. The summed E-state index contributed by atoms with van der Waals surface area (Å²) in [6, 6.07) is 0.789. The van der Waals surface area contributed by atoms with Crippen molar-refractivity contribution in [2.75, 3.05) is 26.2 Å². The van der Waals surface area contributed by atoms with Crippen LogP contribution in [0.2, 0.25) is 0 Å². The average Bonchev–Trinajstić information content (AvgIpc) is 3.06. The van der Waals surface area contributed by atoms with Crippen LogP contribution in [-0.2, 0) is 0 Å². The number of nitrogens with one attached hydrogen (secondary N) is 1. The quantitative estimate of drug-likeness (QED) is 0.744. The summed E-state index contributed by atoms with van der Waals surface area (Å²) in [5.74, 6) is 0.927. The summed E-state index contributed by atoms with van der Waals surface area (Å²) in [5, 5.41) is 13.3. The van der Waals surface area contributed by atoms with Crippen LogP contribution in [0, 0.1) is 5.92 Å². The Kier molecular flexibility index (Phi) is 5.67. The Morgan fingerprint density at radius 2 is 1.95 bits per heavy atom. The molecule has 0 amide bonds. The molecule has 3 nitrogen and oxygen atoms in total. The number of rotatable bonds is 7. The van der Waals surface area contributed by atoms with Crippen LogP contribution in [0.15, 0.2) is 0 Å². The average molecular weight is 268 g/mol. The van der Waals surface area contributed by atoms with Crippen molar-refractivity contribution in [3.63, 3.8) is 0 Å². The highest BCUT2D eigenvalue weighted by molar-refractivity contribution is 4.93. The van der Waals surface area contributed by atoms with Gasteiger partial charge < -0.3 is 10.4 Å². The van der Waals surface area contributed by atoms with E-state index in [1.165, 1.54) is 45.1 Å². The van der Waals surface area contributed by atoms with Crippen molar-refractivity contribution in [1.82, 2.24) is 10.2 Å². The fourth-order valence-corrected chi connectivity index (χ4v) is 3.96. The van der Waals surface area contributed by atoms with E-state index in [-0.39, 0.29) is 12.1 Å². The highest BCUT2D eigenvalue weighted by Crippen LogP contribution is 2.35. The first-order valence-electron chi connectivity index (χ1n) is 8.28. The molecule has 1 aliphatic carbocycles. The molecule has 2 N–H and O–H groups in total. The maximum atomic E-state index is 9.73. The third kappa shape index (κ3) is 3.93. The summed E-state index contributed by atoms with van der Waals surface area (Å²) in [7, 11) is 0. The number of hydrogen-bond donors (Lipinski definition) is 2. The molecule has 2 rings (SSSR count). The van der Waals surface area contributed by atoms with E-state index in [0.29, 0.717) is 0 Å². The summed E-state index contributed by atoms with van der Waals surface area (Å²) in [5.41, 5.74) is -0.128. The molecule has 3 heteroatoms. The maximum Gasteiger partial charge on any atom is 0.0623 e. The summed E-state index contributed by atoms with van der Waals surface area (Å²) < 4.78 is 0. The van der Waals surface area contributed by atoms with Crippen molar-refractivity contribution in [3.8, 4) is 0 Å². The molecular formula is C16H32N2O. The van der Waals surface area contributed by atoms with Crippen molar-refractivity contribution in [2.24, 2.45) is 5.92 Å². The molecule has 2 atom stereocenters. The Morgan fingerprint density at radius 3 is 2.58 bits per heavy atom. The number of hydrogen-bond acceptors (Lipinski definition) is 3. The molecule has 1 saturated carbocycles. The van der Waals surface area contributed by atoms with Crippen molar-refractivity contribution >= 4 is 0 Å². The van der Waals surface area contributed by atoms with E-state index >= 15 is 0 Å². The van der Waals surface area contributed by atoms with Gasteiger partial charge in [-0.25, -0.2) is 0 Å². The molecule has 1 saturated heterocycles. The third-order valence-corrected chi connectivity index (χ3v) is 5.06. The molecule has 0 spiro atoms. The number of nitrogens with zero attached hydrogens (tertiary/aromatic N) is 1. The highest BCUT2D eigenvalue weighted by Gasteiger charge is 2.36. The van der Waals surface area contributed by atoms with Crippen LogP contribution < -0.4 is 5.32 Å². The lowest BCUT2D eigenvalue weighted by molar-refractivity contribution is 0.0967. The molecule has 0 aromatic carbocycles. The van der Waals surface area contributed by atoms with Crippen LogP contribution in [0.4, 0.5) is 0 Å². The van der Waals surface area contributed by atoms with E-state index < -0.39 is 0 Å².